The van der Waals surface area contributed by atoms with Crippen LogP contribution >= 0.6 is 7.28 Å². The fraction of sp³-hybridized carbons (Fsp3) is 0.333. The Morgan fingerprint density at radius 2 is 1.13 bits per heavy atom. The van der Waals surface area contributed by atoms with Crippen LogP contribution in [-0.2, 0) is 0 Å². The number of unbranched alkanes of at least 4 members (excludes halogenated alkanes) is 6. The van der Waals surface area contributed by atoms with Crippen LogP contribution in [0.25, 0.3) is 22.3 Å². The molecule has 0 aliphatic carbocycles. The Morgan fingerprint density at radius 3 is 1.74 bits per heavy atom. The van der Waals surface area contributed by atoms with Crippen molar-refractivity contribution in [3.63, 3.8) is 0 Å². The molecular weight excluding hydrogens is 403 g/mol. The summed E-state index contributed by atoms with van der Waals surface area (Å²) in [4.78, 5) is 33.7. The van der Waals surface area contributed by atoms with Crippen LogP contribution in [0.3, 0.4) is 0 Å². The third kappa shape index (κ3) is 6.24. The first-order chi connectivity index (χ1) is 14.9. The van der Waals surface area contributed by atoms with Crippen molar-refractivity contribution in [2.24, 2.45) is 0 Å². The number of rotatable bonds is 11. The number of benzene rings is 3. The summed E-state index contributed by atoms with van der Waals surface area (Å²) in [5, 5.41) is 0.254. The van der Waals surface area contributed by atoms with Gasteiger partial charge in [0.25, 0.3) is 0 Å². The molecular formula is C27H35O3P. The molecule has 4 heteroatoms. The van der Waals surface area contributed by atoms with Gasteiger partial charge in [-0.25, -0.2) is 0 Å². The van der Waals surface area contributed by atoms with Gasteiger partial charge in [-0.05, 0) is 0 Å². The molecule has 0 fully saturated rings. The van der Waals surface area contributed by atoms with Crippen LogP contribution in [0.1, 0.15) is 51.9 Å². The zero-order valence-corrected chi connectivity index (χ0v) is 19.3. The van der Waals surface area contributed by atoms with Crippen LogP contribution in [0.15, 0.2) is 78.9 Å². The Labute approximate surface area is 186 Å². The Hall–Kier alpha value is -2.03. The molecule has 3 nitrogen and oxygen atoms in total. The third-order valence-corrected chi connectivity index (χ3v) is 8.36. The molecule has 0 radical (unpaired) electrons. The summed E-state index contributed by atoms with van der Waals surface area (Å²) >= 11 is 0. The molecule has 0 saturated carbocycles. The fourth-order valence-electron chi connectivity index (χ4n) is 4.17. The quantitative estimate of drug-likeness (QED) is 0.231. The minimum absolute atomic E-state index is 0.00253. The molecule has 0 bridgehead atoms. The van der Waals surface area contributed by atoms with Crippen molar-refractivity contribution in [1.82, 2.24) is 0 Å². The van der Waals surface area contributed by atoms with Gasteiger partial charge in [0, 0.05) is 0 Å². The summed E-state index contributed by atoms with van der Waals surface area (Å²) in [5.41, 5.74) is 3.42. The maximum atomic E-state index is 11.2. The minimum atomic E-state index is -5.04. The molecule has 166 valence electrons. The van der Waals surface area contributed by atoms with Gasteiger partial charge >= 0.3 is 186 Å². The van der Waals surface area contributed by atoms with Gasteiger partial charge in [-0.15, -0.1) is 0 Å². The van der Waals surface area contributed by atoms with Crippen LogP contribution in [-0.4, -0.2) is 20.8 Å². The Bertz CT molecular complexity index is 946. The second-order valence-corrected chi connectivity index (χ2v) is 11.7. The van der Waals surface area contributed by atoms with Crippen LogP contribution in [0.2, 0.25) is 0 Å². The van der Waals surface area contributed by atoms with Crippen LogP contribution < -0.4 is 5.30 Å². The van der Waals surface area contributed by atoms with Crippen molar-refractivity contribution >= 4 is 12.6 Å². The first-order valence-electron chi connectivity index (χ1n) is 11.4. The van der Waals surface area contributed by atoms with E-state index in [0.29, 0.717) is 12.0 Å². The second kappa shape index (κ2) is 10.5. The molecule has 0 amide bonds. The molecule has 0 saturated heterocycles. The average molecular weight is 439 g/mol. The summed E-state index contributed by atoms with van der Waals surface area (Å²) in [6.45, 7) is 2.19. The van der Waals surface area contributed by atoms with Gasteiger partial charge in [0.15, 0.2) is 0 Å². The summed E-state index contributed by atoms with van der Waals surface area (Å²) in [5.74, 6) is 0. The second-order valence-electron chi connectivity index (χ2n) is 8.43. The van der Waals surface area contributed by atoms with Gasteiger partial charge in [0.05, 0.1) is 0 Å². The first kappa shape index (κ1) is 23.6. The van der Waals surface area contributed by atoms with Crippen molar-refractivity contribution in [1.29, 1.82) is 0 Å². The third-order valence-electron chi connectivity index (χ3n) is 5.86. The summed E-state index contributed by atoms with van der Waals surface area (Å²) in [7, 11) is -5.04. The average Bonchev–Trinajstić information content (AvgIpc) is 2.79. The number of hydrogen-bond acceptors (Lipinski definition) is 3. The van der Waals surface area contributed by atoms with Gasteiger partial charge in [-0.2, -0.15) is 0 Å². The van der Waals surface area contributed by atoms with Gasteiger partial charge in [-0.1, -0.05) is 0 Å². The van der Waals surface area contributed by atoms with Crippen molar-refractivity contribution in [2.45, 2.75) is 51.9 Å². The summed E-state index contributed by atoms with van der Waals surface area (Å²) in [6.07, 6.45) is 7.37. The molecule has 3 N–H and O–H groups in total. The molecule has 0 spiro atoms. The van der Waals surface area contributed by atoms with Crippen LogP contribution in [0, 0.1) is 0 Å². The Balaban J connectivity index is 1.94. The zero-order chi connectivity index (χ0) is 22.2. The molecule has 0 unspecified atom stereocenters. The van der Waals surface area contributed by atoms with Gasteiger partial charge < -0.3 is 0 Å². The zero-order valence-electron chi connectivity index (χ0n) is 18.5. The van der Waals surface area contributed by atoms with E-state index in [1.807, 2.05) is 66.7 Å². The molecule has 3 aromatic carbocycles. The van der Waals surface area contributed by atoms with E-state index in [1.54, 1.807) is 12.1 Å². The van der Waals surface area contributed by atoms with E-state index in [4.69, 9.17) is 0 Å². The first-order valence-corrected chi connectivity index (χ1v) is 13.7. The Kier molecular flexibility index (Phi) is 8.02. The van der Waals surface area contributed by atoms with E-state index in [9.17, 15) is 14.7 Å². The van der Waals surface area contributed by atoms with Gasteiger partial charge in [-0.3, -0.25) is 0 Å². The molecule has 0 aliphatic heterocycles. The molecule has 0 heterocycles. The predicted molar refractivity (Wildman–Crippen MR) is 133 cm³/mol. The summed E-state index contributed by atoms with van der Waals surface area (Å²) in [6, 6.07) is 25.0. The number of hydrogen-bond donors (Lipinski definition) is 3. The van der Waals surface area contributed by atoms with Gasteiger partial charge in [0.2, 0.25) is 0 Å². The van der Waals surface area contributed by atoms with E-state index in [0.717, 1.165) is 36.0 Å². The molecule has 31 heavy (non-hydrogen) atoms. The van der Waals surface area contributed by atoms with Crippen molar-refractivity contribution in [3.05, 3.63) is 78.9 Å². The maximum absolute atomic E-state index is 11.2. The molecule has 0 aliphatic rings. The van der Waals surface area contributed by atoms with E-state index in [-0.39, 0.29) is 11.5 Å². The van der Waals surface area contributed by atoms with Gasteiger partial charge in [0.1, 0.15) is 0 Å². The monoisotopic (exact) mass is 438 g/mol. The molecule has 0 aromatic heterocycles. The van der Waals surface area contributed by atoms with E-state index in [1.165, 1.54) is 19.3 Å². The van der Waals surface area contributed by atoms with Crippen LogP contribution in [0.4, 0.5) is 0 Å². The SMILES string of the molecule is CCCCCCCCCP(O)(O)(O)c1cccc(-c2ccccc2)c1-c1ccccc1. The normalized spacial score (nSPS) is 13.0. The molecule has 3 rings (SSSR count). The van der Waals surface area contributed by atoms with Crippen LogP contribution in [0.5, 0.6) is 0 Å². The fourth-order valence-corrected chi connectivity index (χ4v) is 6.31. The van der Waals surface area contributed by atoms with E-state index < -0.39 is 7.28 Å². The molecule has 3 aromatic rings. The Morgan fingerprint density at radius 1 is 0.581 bits per heavy atom. The topological polar surface area (TPSA) is 60.7 Å². The van der Waals surface area contributed by atoms with Crippen molar-refractivity contribution in [2.75, 3.05) is 6.16 Å². The van der Waals surface area contributed by atoms with Crippen molar-refractivity contribution in [3.8, 4) is 22.3 Å². The van der Waals surface area contributed by atoms with Crippen molar-refractivity contribution < 1.29 is 14.7 Å². The van der Waals surface area contributed by atoms with E-state index >= 15 is 0 Å². The summed E-state index contributed by atoms with van der Waals surface area (Å²) < 4.78 is 0. The molecule has 0 atom stereocenters. The standard InChI is InChI=1S/C27H35O3P/c1-2-3-4-5-6-7-14-22-31(28,29,30)26-21-15-20-25(23-16-10-8-11-17-23)27(26)24-18-12-9-13-19-24/h8-13,15-21,28-30H,2-7,14,22H2,1H3. The predicted octanol–water partition coefficient (Wildman–Crippen LogP) is 6.67. The van der Waals surface area contributed by atoms with E-state index in [2.05, 4.69) is 6.92 Å².